The van der Waals surface area contributed by atoms with Crippen LogP contribution >= 0.6 is 0 Å². The van der Waals surface area contributed by atoms with E-state index in [2.05, 4.69) is 36.5 Å². The Morgan fingerprint density at radius 1 is 1.00 bits per heavy atom. The molecule has 2 aromatic rings. The number of amides is 4. The third-order valence-corrected chi connectivity index (χ3v) is 6.98. The van der Waals surface area contributed by atoms with Gasteiger partial charge in [-0.15, -0.1) is 0 Å². The van der Waals surface area contributed by atoms with Gasteiger partial charge in [0.1, 0.15) is 12.1 Å². The van der Waals surface area contributed by atoms with Crippen molar-refractivity contribution in [2.45, 2.75) is 51.0 Å². The Morgan fingerprint density at radius 3 is 2.27 bits per heavy atom. The lowest BCUT2D eigenvalue weighted by atomic mass is 9.85. The van der Waals surface area contributed by atoms with Crippen LogP contribution in [0.25, 0.3) is 0 Å². The van der Waals surface area contributed by atoms with Crippen LogP contribution in [0.5, 0.6) is 0 Å². The van der Waals surface area contributed by atoms with Crippen LogP contribution in [0.3, 0.4) is 0 Å². The van der Waals surface area contributed by atoms with E-state index in [4.69, 9.17) is 0 Å². The molecule has 33 heavy (non-hydrogen) atoms. The van der Waals surface area contributed by atoms with E-state index >= 15 is 0 Å². The number of piperidine rings is 1. The van der Waals surface area contributed by atoms with Crippen molar-refractivity contribution in [2.75, 3.05) is 19.6 Å². The van der Waals surface area contributed by atoms with Crippen LogP contribution in [0, 0.1) is 5.92 Å². The van der Waals surface area contributed by atoms with Crippen LogP contribution in [-0.4, -0.2) is 47.3 Å². The second kappa shape index (κ2) is 10.2. The van der Waals surface area contributed by atoms with Gasteiger partial charge in [0.15, 0.2) is 0 Å². The summed E-state index contributed by atoms with van der Waals surface area (Å²) in [6, 6.07) is 19.3. The number of unbranched alkanes of at least 4 members (excludes halogenated alkanes) is 1. The van der Waals surface area contributed by atoms with Gasteiger partial charge in [-0.2, -0.15) is 0 Å². The zero-order valence-electron chi connectivity index (χ0n) is 19.3. The molecule has 2 aromatic carbocycles. The van der Waals surface area contributed by atoms with Crippen molar-refractivity contribution >= 4 is 17.8 Å². The Hall–Kier alpha value is -3.15. The average molecular weight is 448 g/mol. The first-order valence-electron chi connectivity index (χ1n) is 12.0. The molecule has 0 aromatic heterocycles. The van der Waals surface area contributed by atoms with Gasteiger partial charge in [-0.3, -0.25) is 14.5 Å². The standard InChI is InChI=1S/C27H33N3O3/c1-2-3-16-27(23-12-8-5-9-13-23)25(32)30(26(33)28-27)20-24(31)29-17-14-22(15-18-29)19-21-10-6-4-7-11-21/h4-13,22H,2-3,14-20H2,1H3,(H,28,33). The Kier molecular flexibility index (Phi) is 7.11. The molecule has 0 spiro atoms. The molecule has 4 amide bonds. The van der Waals surface area contributed by atoms with Crippen molar-refractivity contribution in [3.05, 3.63) is 71.8 Å². The Bertz CT molecular complexity index is 971. The average Bonchev–Trinajstić information content (AvgIpc) is 3.09. The van der Waals surface area contributed by atoms with E-state index in [1.54, 1.807) is 4.90 Å². The van der Waals surface area contributed by atoms with E-state index in [9.17, 15) is 14.4 Å². The minimum absolute atomic E-state index is 0.156. The van der Waals surface area contributed by atoms with E-state index in [0.29, 0.717) is 25.4 Å². The van der Waals surface area contributed by atoms with Gasteiger partial charge in [-0.05, 0) is 42.7 Å². The maximum atomic E-state index is 13.5. The Morgan fingerprint density at radius 2 is 1.64 bits per heavy atom. The summed E-state index contributed by atoms with van der Waals surface area (Å²) in [6.45, 7) is 3.19. The molecule has 2 fully saturated rings. The lowest BCUT2D eigenvalue weighted by Crippen LogP contribution is -2.47. The van der Waals surface area contributed by atoms with Gasteiger partial charge in [0.25, 0.3) is 5.91 Å². The highest BCUT2D eigenvalue weighted by Crippen LogP contribution is 2.34. The van der Waals surface area contributed by atoms with Crippen LogP contribution in [0.1, 0.15) is 50.2 Å². The first-order valence-corrected chi connectivity index (χ1v) is 12.0. The van der Waals surface area contributed by atoms with Crippen LogP contribution < -0.4 is 5.32 Å². The van der Waals surface area contributed by atoms with Crippen molar-refractivity contribution in [2.24, 2.45) is 5.92 Å². The van der Waals surface area contributed by atoms with E-state index < -0.39 is 11.6 Å². The molecule has 0 saturated carbocycles. The second-order valence-corrected chi connectivity index (χ2v) is 9.21. The molecule has 0 radical (unpaired) electrons. The van der Waals surface area contributed by atoms with Gasteiger partial charge in [-0.25, -0.2) is 4.79 Å². The summed E-state index contributed by atoms with van der Waals surface area (Å²) in [5, 5.41) is 2.93. The zero-order valence-corrected chi connectivity index (χ0v) is 19.3. The number of benzene rings is 2. The van der Waals surface area contributed by atoms with Gasteiger partial charge < -0.3 is 10.2 Å². The van der Waals surface area contributed by atoms with Crippen molar-refractivity contribution in [3.63, 3.8) is 0 Å². The maximum Gasteiger partial charge on any atom is 0.325 e. The first kappa shape index (κ1) is 23.0. The van der Waals surface area contributed by atoms with E-state index in [-0.39, 0.29) is 18.4 Å². The van der Waals surface area contributed by atoms with Crippen molar-refractivity contribution in [3.8, 4) is 0 Å². The molecular formula is C27H33N3O3. The Labute approximate surface area is 196 Å². The fourth-order valence-corrected chi connectivity index (χ4v) is 5.01. The fourth-order valence-electron chi connectivity index (χ4n) is 5.01. The van der Waals surface area contributed by atoms with Gasteiger partial charge >= 0.3 is 6.03 Å². The quantitative estimate of drug-likeness (QED) is 0.620. The summed E-state index contributed by atoms with van der Waals surface area (Å²) in [6.07, 6.45) is 5.13. The second-order valence-electron chi connectivity index (χ2n) is 9.21. The van der Waals surface area contributed by atoms with Gasteiger partial charge in [0.2, 0.25) is 5.91 Å². The first-order chi connectivity index (χ1) is 16.0. The monoisotopic (exact) mass is 447 g/mol. The molecule has 2 aliphatic heterocycles. The molecule has 1 N–H and O–H groups in total. The number of nitrogens with one attached hydrogen (secondary N) is 1. The van der Waals surface area contributed by atoms with Gasteiger partial charge in [-0.1, -0.05) is 80.4 Å². The number of hydrogen-bond donors (Lipinski definition) is 1. The summed E-state index contributed by atoms with van der Waals surface area (Å²) in [5.41, 5.74) is 1.01. The highest BCUT2D eigenvalue weighted by Gasteiger charge is 2.52. The van der Waals surface area contributed by atoms with E-state index in [1.165, 1.54) is 5.56 Å². The fraction of sp³-hybridized carbons (Fsp3) is 0.444. The summed E-state index contributed by atoms with van der Waals surface area (Å²) in [5.74, 6) is 0.0726. The summed E-state index contributed by atoms with van der Waals surface area (Å²) in [7, 11) is 0. The number of nitrogens with zero attached hydrogens (tertiary/aromatic N) is 2. The van der Waals surface area contributed by atoms with Gasteiger partial charge in [0, 0.05) is 13.1 Å². The molecular weight excluding hydrogens is 414 g/mol. The zero-order chi connectivity index (χ0) is 23.3. The van der Waals surface area contributed by atoms with Crippen LogP contribution in [0.2, 0.25) is 0 Å². The number of imide groups is 1. The summed E-state index contributed by atoms with van der Waals surface area (Å²) in [4.78, 5) is 42.3. The molecule has 4 rings (SSSR count). The number of likely N-dealkylation sites (tertiary alicyclic amines) is 1. The lowest BCUT2D eigenvalue weighted by molar-refractivity contribution is -0.140. The van der Waals surface area contributed by atoms with Crippen LogP contribution in [0.4, 0.5) is 4.79 Å². The molecule has 0 bridgehead atoms. The molecule has 2 heterocycles. The van der Waals surface area contributed by atoms with Gasteiger partial charge in [0.05, 0.1) is 0 Å². The van der Waals surface area contributed by atoms with Crippen LogP contribution in [-0.2, 0) is 21.5 Å². The van der Waals surface area contributed by atoms with E-state index in [1.807, 2.05) is 36.4 Å². The number of hydrogen-bond acceptors (Lipinski definition) is 3. The molecule has 6 nitrogen and oxygen atoms in total. The molecule has 1 unspecified atom stereocenters. The molecule has 2 saturated heterocycles. The summed E-state index contributed by atoms with van der Waals surface area (Å²) < 4.78 is 0. The van der Waals surface area contributed by atoms with Crippen molar-refractivity contribution < 1.29 is 14.4 Å². The minimum Gasteiger partial charge on any atom is -0.341 e. The third kappa shape index (κ3) is 4.95. The van der Waals surface area contributed by atoms with Crippen molar-refractivity contribution in [1.29, 1.82) is 0 Å². The topological polar surface area (TPSA) is 69.7 Å². The van der Waals surface area contributed by atoms with E-state index in [0.717, 1.165) is 42.6 Å². The smallest absolute Gasteiger partial charge is 0.325 e. The number of rotatable bonds is 8. The molecule has 6 heteroatoms. The SMILES string of the molecule is CCCCC1(c2ccccc2)NC(=O)N(CC(=O)N2CCC(Cc3ccccc3)CC2)C1=O. The highest BCUT2D eigenvalue weighted by molar-refractivity contribution is 6.09. The number of urea groups is 1. The predicted molar refractivity (Wildman–Crippen MR) is 127 cm³/mol. The van der Waals surface area contributed by atoms with Crippen LogP contribution in [0.15, 0.2) is 60.7 Å². The molecule has 2 aliphatic rings. The molecule has 0 aliphatic carbocycles. The molecule has 174 valence electrons. The largest absolute Gasteiger partial charge is 0.341 e. The van der Waals surface area contributed by atoms with Crippen molar-refractivity contribution in [1.82, 2.24) is 15.1 Å². The Balaban J connectivity index is 1.39. The predicted octanol–water partition coefficient (Wildman–Crippen LogP) is 4.11. The normalized spacial score (nSPS) is 21.4. The number of carbonyl (C=O) groups is 3. The minimum atomic E-state index is -1.09. The summed E-state index contributed by atoms with van der Waals surface area (Å²) >= 11 is 0. The third-order valence-electron chi connectivity index (χ3n) is 6.98. The maximum absolute atomic E-state index is 13.5. The number of carbonyl (C=O) groups excluding carboxylic acids is 3. The highest BCUT2D eigenvalue weighted by atomic mass is 16.2. The molecule has 1 atom stereocenters. The lowest BCUT2D eigenvalue weighted by Gasteiger charge is -2.33.